The molecule has 7 rings (SSSR count). The van der Waals surface area contributed by atoms with Crippen LogP contribution in [0.1, 0.15) is 77.1 Å². The average molecular weight is 791 g/mol. The second-order valence-corrected chi connectivity index (χ2v) is 15.5. The van der Waals surface area contributed by atoms with Crippen LogP contribution < -0.4 is 10.6 Å². The summed E-state index contributed by atoms with van der Waals surface area (Å²) >= 11 is 0. The molecule has 58 heavy (non-hydrogen) atoms. The highest BCUT2D eigenvalue weighted by atomic mass is 16.5. The van der Waals surface area contributed by atoms with E-state index in [1.165, 1.54) is 14.2 Å². The number of fused-ring (bicyclic) bond motifs is 1. The van der Waals surface area contributed by atoms with Crippen LogP contribution in [-0.4, -0.2) is 103 Å². The van der Waals surface area contributed by atoms with Gasteiger partial charge in [0.15, 0.2) is 0 Å². The molecular formula is C42H50N10O6. The number of hydrogen-bond acceptors (Lipinski definition) is 10. The van der Waals surface area contributed by atoms with Gasteiger partial charge in [0.05, 0.1) is 55.1 Å². The molecule has 0 bridgehead atoms. The van der Waals surface area contributed by atoms with E-state index in [4.69, 9.17) is 24.4 Å². The summed E-state index contributed by atoms with van der Waals surface area (Å²) in [6.45, 7) is 8.72. The molecule has 6 heterocycles. The van der Waals surface area contributed by atoms with E-state index in [0.717, 1.165) is 70.4 Å². The summed E-state index contributed by atoms with van der Waals surface area (Å²) in [5.74, 6) is 0.825. The van der Waals surface area contributed by atoms with E-state index < -0.39 is 24.3 Å². The normalized spacial score (nSPS) is 17.8. The number of benzene rings is 1. The fraction of sp³-hybridized carbons (Fsp3) is 0.429. The Hall–Kier alpha value is -6.32. The van der Waals surface area contributed by atoms with E-state index in [1.807, 2.05) is 76.5 Å². The number of methoxy groups -OCH3 is 2. The number of carbonyl (C=O) groups excluding carboxylic acids is 4. The summed E-state index contributed by atoms with van der Waals surface area (Å²) in [4.78, 5) is 80.3. The average Bonchev–Trinajstić information content (AvgIpc) is 4.07. The minimum Gasteiger partial charge on any atom is -0.453 e. The maximum absolute atomic E-state index is 13.6. The van der Waals surface area contributed by atoms with Crippen LogP contribution in [-0.2, 0) is 19.1 Å². The van der Waals surface area contributed by atoms with E-state index in [0.29, 0.717) is 24.7 Å². The third-order valence-electron chi connectivity index (χ3n) is 11.0. The van der Waals surface area contributed by atoms with Gasteiger partial charge < -0.3 is 39.9 Å². The second kappa shape index (κ2) is 17.0. The van der Waals surface area contributed by atoms with Crippen LogP contribution in [0, 0.1) is 11.8 Å². The van der Waals surface area contributed by atoms with Crippen molar-refractivity contribution in [2.45, 2.75) is 77.5 Å². The lowest BCUT2D eigenvalue weighted by molar-refractivity contribution is -0.136. The van der Waals surface area contributed by atoms with Crippen molar-refractivity contribution in [3.05, 3.63) is 72.8 Å². The van der Waals surface area contributed by atoms with Gasteiger partial charge in [-0.25, -0.2) is 19.6 Å². The summed E-state index contributed by atoms with van der Waals surface area (Å²) in [6.07, 6.45) is 9.11. The molecule has 2 saturated heterocycles. The molecule has 0 radical (unpaired) electrons. The molecule has 1 unspecified atom stereocenters. The van der Waals surface area contributed by atoms with Gasteiger partial charge in [-0.15, -0.1) is 0 Å². The molecule has 4 N–H and O–H groups in total. The van der Waals surface area contributed by atoms with Gasteiger partial charge in [0.25, 0.3) is 0 Å². The largest absolute Gasteiger partial charge is 0.453 e. The smallest absolute Gasteiger partial charge is 0.407 e. The molecule has 16 heteroatoms. The molecule has 2 aliphatic rings. The minimum atomic E-state index is -0.704. The van der Waals surface area contributed by atoms with Crippen molar-refractivity contribution in [1.82, 2.24) is 50.3 Å². The Kier molecular flexibility index (Phi) is 11.7. The fourth-order valence-electron chi connectivity index (χ4n) is 7.84. The second-order valence-electron chi connectivity index (χ2n) is 15.5. The first-order chi connectivity index (χ1) is 27.9. The van der Waals surface area contributed by atoms with Gasteiger partial charge in [-0.1, -0.05) is 45.9 Å². The van der Waals surface area contributed by atoms with Crippen molar-refractivity contribution in [3.8, 4) is 33.8 Å². The third kappa shape index (κ3) is 8.22. The third-order valence-corrected chi connectivity index (χ3v) is 11.0. The van der Waals surface area contributed by atoms with Crippen LogP contribution in [0.25, 0.3) is 44.7 Å². The summed E-state index contributed by atoms with van der Waals surface area (Å²) in [5.41, 5.74) is 5.74. The number of aromatic nitrogens is 6. The highest BCUT2D eigenvalue weighted by molar-refractivity contribution is 5.88. The molecule has 2 aliphatic heterocycles. The zero-order valence-corrected chi connectivity index (χ0v) is 33.6. The fourth-order valence-corrected chi connectivity index (χ4v) is 7.84. The number of imidazole rings is 2. The Balaban J connectivity index is 1.02. The van der Waals surface area contributed by atoms with E-state index >= 15 is 0 Å². The lowest BCUT2D eigenvalue weighted by atomic mass is 10.0. The van der Waals surface area contributed by atoms with E-state index in [9.17, 15) is 19.2 Å². The van der Waals surface area contributed by atoms with Gasteiger partial charge >= 0.3 is 12.2 Å². The molecule has 0 saturated carbocycles. The van der Waals surface area contributed by atoms with Gasteiger partial charge in [-0.3, -0.25) is 19.6 Å². The SMILES string of the molecule is COC(=O)N[C@H](C(=O)N1CCCC1c1nc(-c2cnc3cc(-c4ccc(-c5cnc([C@@H]6CCCN6C(=O)[C@@H](NC(=O)OC)C(C)C)[nH]5)nc4)ccc3c2)c[nH]1)C(C)C. The first kappa shape index (κ1) is 39.9. The molecule has 5 aromatic rings. The molecule has 2 fully saturated rings. The number of pyridine rings is 2. The van der Waals surface area contributed by atoms with Gasteiger partial charge in [0.1, 0.15) is 23.7 Å². The molecule has 1 aromatic carbocycles. The number of amides is 4. The van der Waals surface area contributed by atoms with Crippen molar-refractivity contribution in [2.24, 2.45) is 11.8 Å². The Labute approximate surface area is 336 Å². The van der Waals surface area contributed by atoms with Crippen molar-refractivity contribution in [2.75, 3.05) is 27.3 Å². The molecule has 304 valence electrons. The molecule has 16 nitrogen and oxygen atoms in total. The Morgan fingerprint density at radius 1 is 0.707 bits per heavy atom. The number of nitrogens with one attached hydrogen (secondary N) is 4. The topological polar surface area (TPSA) is 200 Å². The number of hydrogen-bond donors (Lipinski definition) is 4. The first-order valence-electron chi connectivity index (χ1n) is 19.7. The maximum Gasteiger partial charge on any atom is 0.407 e. The van der Waals surface area contributed by atoms with Crippen LogP contribution >= 0.6 is 0 Å². The highest BCUT2D eigenvalue weighted by Gasteiger charge is 2.39. The first-order valence-corrected chi connectivity index (χ1v) is 19.7. The van der Waals surface area contributed by atoms with Crippen LogP contribution in [0.5, 0.6) is 0 Å². The van der Waals surface area contributed by atoms with Gasteiger partial charge in [0, 0.05) is 48.2 Å². The van der Waals surface area contributed by atoms with E-state index in [-0.39, 0.29) is 35.7 Å². The predicted molar refractivity (Wildman–Crippen MR) is 216 cm³/mol. The number of aromatic amines is 2. The number of rotatable bonds is 11. The predicted octanol–water partition coefficient (Wildman–Crippen LogP) is 6.17. The Morgan fingerprint density at radius 2 is 1.31 bits per heavy atom. The standard InChI is InChI=1S/C42H50N10O6/c1-23(2)35(49-41(55)57-5)39(53)51-15-7-9-33(51)37-45-21-31(47-37)28-17-26-12-11-25(18-30(26)44-20-28)27-13-14-29(43-19-27)32-22-46-38(48-32)34-10-8-16-52(34)40(54)36(24(3)4)50-42(56)58-6/h11-14,17-24,33-36H,7-10,15-16H2,1-6H3,(H,45,47)(H,46,48)(H,49,55)(H,50,56)/t33?,34-,35-,36-/m0/s1. The number of H-pyrrole nitrogens is 2. The van der Waals surface area contributed by atoms with Crippen molar-refractivity contribution in [3.63, 3.8) is 0 Å². The quantitative estimate of drug-likeness (QED) is 0.120. The number of carbonyl (C=O) groups is 4. The summed E-state index contributed by atoms with van der Waals surface area (Å²) in [5, 5.41) is 6.33. The molecule has 4 aromatic heterocycles. The molecule has 0 spiro atoms. The van der Waals surface area contributed by atoms with Crippen LogP contribution in [0.4, 0.5) is 9.59 Å². The van der Waals surface area contributed by atoms with E-state index in [1.54, 1.807) is 22.2 Å². The molecular weight excluding hydrogens is 741 g/mol. The summed E-state index contributed by atoms with van der Waals surface area (Å²) in [7, 11) is 2.57. The molecule has 4 amide bonds. The van der Waals surface area contributed by atoms with Crippen molar-refractivity contribution < 1.29 is 28.7 Å². The number of nitrogens with zero attached hydrogens (tertiary/aromatic N) is 6. The van der Waals surface area contributed by atoms with Gasteiger partial charge in [-0.2, -0.15) is 0 Å². The Bertz CT molecular complexity index is 2290. The molecule has 0 aliphatic carbocycles. The van der Waals surface area contributed by atoms with Crippen LogP contribution in [0.15, 0.2) is 61.2 Å². The van der Waals surface area contributed by atoms with Crippen molar-refractivity contribution >= 4 is 34.9 Å². The number of likely N-dealkylation sites (tertiary alicyclic amines) is 2. The van der Waals surface area contributed by atoms with Crippen LogP contribution in [0.3, 0.4) is 0 Å². The number of alkyl carbamates (subject to hydrolysis) is 2. The zero-order chi connectivity index (χ0) is 41.1. The lowest BCUT2D eigenvalue weighted by Crippen LogP contribution is -2.51. The van der Waals surface area contributed by atoms with E-state index in [2.05, 4.69) is 25.6 Å². The highest BCUT2D eigenvalue weighted by Crippen LogP contribution is 2.35. The monoisotopic (exact) mass is 790 g/mol. The van der Waals surface area contributed by atoms with Crippen LogP contribution in [0.2, 0.25) is 0 Å². The van der Waals surface area contributed by atoms with Crippen molar-refractivity contribution in [1.29, 1.82) is 0 Å². The van der Waals surface area contributed by atoms with Gasteiger partial charge in [0.2, 0.25) is 11.8 Å². The lowest BCUT2D eigenvalue weighted by Gasteiger charge is -2.30. The summed E-state index contributed by atoms with van der Waals surface area (Å²) < 4.78 is 9.51. The Morgan fingerprint density at radius 3 is 1.90 bits per heavy atom. The molecule has 4 atom stereocenters. The summed E-state index contributed by atoms with van der Waals surface area (Å²) in [6, 6.07) is 10.2. The number of ether oxygens (including phenoxy) is 2. The zero-order valence-electron chi connectivity index (χ0n) is 33.6. The minimum absolute atomic E-state index is 0.117. The maximum atomic E-state index is 13.6. The van der Waals surface area contributed by atoms with Gasteiger partial charge in [-0.05, 0) is 61.3 Å².